The van der Waals surface area contributed by atoms with Crippen molar-refractivity contribution in [3.8, 4) is 0 Å². The molecule has 1 N–H and O–H groups in total. The predicted molar refractivity (Wildman–Crippen MR) is 85.6 cm³/mol. The van der Waals surface area contributed by atoms with Gasteiger partial charge < -0.3 is 5.32 Å². The molecule has 0 fully saturated rings. The van der Waals surface area contributed by atoms with Crippen molar-refractivity contribution >= 4 is 17.5 Å². The van der Waals surface area contributed by atoms with E-state index in [-0.39, 0.29) is 11.4 Å². The van der Waals surface area contributed by atoms with Gasteiger partial charge in [-0.25, -0.2) is 4.98 Å². The molecule has 2 aromatic rings. The van der Waals surface area contributed by atoms with E-state index in [1.54, 1.807) is 12.1 Å². The highest BCUT2D eigenvalue weighted by atomic mass is 35.5. The van der Waals surface area contributed by atoms with E-state index in [2.05, 4.69) is 22.4 Å². The van der Waals surface area contributed by atoms with Crippen molar-refractivity contribution in [3.05, 3.63) is 64.9 Å². The first kappa shape index (κ1) is 15.5. The van der Waals surface area contributed by atoms with Crippen LogP contribution in [0, 0.1) is 0 Å². The maximum absolute atomic E-state index is 12.2. The molecule has 0 radical (unpaired) electrons. The Morgan fingerprint density at radius 2 is 1.90 bits per heavy atom. The molecule has 1 aromatic heterocycles. The van der Waals surface area contributed by atoms with Crippen molar-refractivity contribution < 1.29 is 4.79 Å². The molecule has 110 valence electrons. The van der Waals surface area contributed by atoms with Crippen LogP contribution in [0.5, 0.6) is 0 Å². The number of pyridine rings is 1. The number of nitrogens with zero attached hydrogens (tertiary/aromatic N) is 1. The van der Waals surface area contributed by atoms with Gasteiger partial charge in [-0.15, -0.1) is 0 Å². The molecule has 0 bridgehead atoms. The van der Waals surface area contributed by atoms with Crippen molar-refractivity contribution in [3.63, 3.8) is 0 Å². The van der Waals surface area contributed by atoms with Crippen LogP contribution in [-0.2, 0) is 6.42 Å². The molecule has 0 aliphatic rings. The van der Waals surface area contributed by atoms with Gasteiger partial charge in [-0.05, 0) is 44.4 Å². The summed E-state index contributed by atoms with van der Waals surface area (Å²) in [5, 5.41) is 3.42. The minimum atomic E-state index is -0.285. The van der Waals surface area contributed by atoms with E-state index in [0.29, 0.717) is 10.7 Å². The average molecular weight is 303 g/mol. The number of hydrogen-bond acceptors (Lipinski definition) is 2. The zero-order valence-electron chi connectivity index (χ0n) is 12.3. The van der Waals surface area contributed by atoms with Crippen molar-refractivity contribution in [2.24, 2.45) is 0 Å². The molecule has 4 heteroatoms. The molecule has 2 rings (SSSR count). The molecule has 0 atom stereocenters. The summed E-state index contributed by atoms with van der Waals surface area (Å²) in [7, 11) is 0. The molecule has 0 unspecified atom stereocenters. The third kappa shape index (κ3) is 4.87. The van der Waals surface area contributed by atoms with Gasteiger partial charge in [0.2, 0.25) is 0 Å². The number of nitrogens with one attached hydrogen (secondary N) is 1. The van der Waals surface area contributed by atoms with Crippen LogP contribution in [0.1, 0.15) is 36.2 Å². The van der Waals surface area contributed by atoms with E-state index in [9.17, 15) is 4.79 Å². The standard InChI is InChI=1S/C17H19ClN2O/c1-17(2,11-10-13-6-4-3-5-7-13)20-16(21)14-8-9-15(18)19-12-14/h3-9,12H,10-11H2,1-2H3,(H,20,21). The normalized spacial score (nSPS) is 11.2. The summed E-state index contributed by atoms with van der Waals surface area (Å²) >= 11 is 5.72. The van der Waals surface area contributed by atoms with Gasteiger partial charge in [-0.3, -0.25) is 4.79 Å². The van der Waals surface area contributed by atoms with E-state index in [1.165, 1.54) is 11.8 Å². The topological polar surface area (TPSA) is 42.0 Å². The molecular weight excluding hydrogens is 284 g/mol. The number of carbonyl (C=O) groups excluding carboxylic acids is 1. The summed E-state index contributed by atoms with van der Waals surface area (Å²) in [4.78, 5) is 16.1. The van der Waals surface area contributed by atoms with Crippen molar-refractivity contribution in [1.29, 1.82) is 0 Å². The molecular formula is C17H19ClN2O. The zero-order valence-corrected chi connectivity index (χ0v) is 13.0. The van der Waals surface area contributed by atoms with Gasteiger partial charge in [0.05, 0.1) is 5.56 Å². The summed E-state index contributed by atoms with van der Waals surface area (Å²) in [6.45, 7) is 4.05. The summed E-state index contributed by atoms with van der Waals surface area (Å²) in [6, 6.07) is 13.6. The van der Waals surface area contributed by atoms with Crippen LogP contribution in [-0.4, -0.2) is 16.4 Å². The lowest BCUT2D eigenvalue weighted by Crippen LogP contribution is -2.43. The number of aryl methyl sites for hydroxylation is 1. The maximum atomic E-state index is 12.2. The quantitative estimate of drug-likeness (QED) is 0.852. The molecule has 0 aliphatic heterocycles. The first-order valence-electron chi connectivity index (χ1n) is 6.94. The summed E-state index contributed by atoms with van der Waals surface area (Å²) in [6.07, 6.45) is 3.28. The van der Waals surface area contributed by atoms with Crippen molar-refractivity contribution in [1.82, 2.24) is 10.3 Å². The van der Waals surface area contributed by atoms with Gasteiger partial charge >= 0.3 is 0 Å². The van der Waals surface area contributed by atoms with Gasteiger partial charge in [0.1, 0.15) is 5.15 Å². The molecule has 0 aliphatic carbocycles. The first-order chi connectivity index (χ1) is 9.96. The molecule has 1 heterocycles. The number of hydrogen-bond donors (Lipinski definition) is 1. The maximum Gasteiger partial charge on any atom is 0.253 e. The Morgan fingerprint density at radius 1 is 1.19 bits per heavy atom. The summed E-state index contributed by atoms with van der Waals surface area (Å²) < 4.78 is 0. The molecule has 0 saturated heterocycles. The SMILES string of the molecule is CC(C)(CCc1ccccc1)NC(=O)c1ccc(Cl)nc1. The van der Waals surface area contributed by atoms with E-state index >= 15 is 0 Å². The fourth-order valence-corrected chi connectivity index (χ4v) is 2.17. The van der Waals surface area contributed by atoms with Crippen LogP contribution in [0.4, 0.5) is 0 Å². The Kier molecular flexibility index (Phi) is 4.97. The van der Waals surface area contributed by atoms with E-state index in [4.69, 9.17) is 11.6 Å². The molecule has 1 aromatic carbocycles. The monoisotopic (exact) mass is 302 g/mol. The van der Waals surface area contributed by atoms with E-state index in [0.717, 1.165) is 12.8 Å². The summed E-state index contributed by atoms with van der Waals surface area (Å²) in [5.41, 5.74) is 1.51. The second kappa shape index (κ2) is 6.72. The van der Waals surface area contributed by atoms with Gasteiger partial charge in [-0.1, -0.05) is 41.9 Å². The average Bonchev–Trinajstić information content (AvgIpc) is 2.46. The minimum Gasteiger partial charge on any atom is -0.347 e. The van der Waals surface area contributed by atoms with Crippen LogP contribution >= 0.6 is 11.6 Å². The van der Waals surface area contributed by atoms with Crippen LogP contribution < -0.4 is 5.32 Å². The Balaban J connectivity index is 1.93. The third-order valence-corrected chi connectivity index (χ3v) is 3.55. The van der Waals surface area contributed by atoms with Gasteiger partial charge in [0.25, 0.3) is 5.91 Å². The van der Waals surface area contributed by atoms with E-state index < -0.39 is 0 Å². The highest BCUT2D eigenvalue weighted by Crippen LogP contribution is 2.15. The van der Waals surface area contributed by atoms with Crippen LogP contribution in [0.3, 0.4) is 0 Å². The fourth-order valence-electron chi connectivity index (χ4n) is 2.05. The Labute approximate surface area is 130 Å². The number of benzene rings is 1. The summed E-state index contributed by atoms with van der Waals surface area (Å²) in [5.74, 6) is -0.128. The fraction of sp³-hybridized carbons (Fsp3) is 0.294. The first-order valence-corrected chi connectivity index (χ1v) is 7.32. The van der Waals surface area contributed by atoms with Crippen molar-refractivity contribution in [2.45, 2.75) is 32.2 Å². The Morgan fingerprint density at radius 3 is 2.52 bits per heavy atom. The van der Waals surface area contributed by atoms with Crippen LogP contribution in [0.25, 0.3) is 0 Å². The van der Waals surface area contributed by atoms with Gasteiger partial charge in [0, 0.05) is 11.7 Å². The van der Waals surface area contributed by atoms with Gasteiger partial charge in [0.15, 0.2) is 0 Å². The lowest BCUT2D eigenvalue weighted by atomic mass is 9.95. The van der Waals surface area contributed by atoms with Crippen LogP contribution in [0.15, 0.2) is 48.7 Å². The molecule has 21 heavy (non-hydrogen) atoms. The molecule has 0 saturated carbocycles. The number of amides is 1. The lowest BCUT2D eigenvalue weighted by molar-refractivity contribution is 0.0909. The number of halogens is 1. The van der Waals surface area contributed by atoms with Crippen molar-refractivity contribution in [2.75, 3.05) is 0 Å². The van der Waals surface area contributed by atoms with E-state index in [1.807, 2.05) is 32.0 Å². The highest BCUT2D eigenvalue weighted by molar-refractivity contribution is 6.29. The number of rotatable bonds is 5. The molecule has 0 spiro atoms. The highest BCUT2D eigenvalue weighted by Gasteiger charge is 2.21. The van der Waals surface area contributed by atoms with Crippen LogP contribution in [0.2, 0.25) is 5.15 Å². The Hall–Kier alpha value is -1.87. The largest absolute Gasteiger partial charge is 0.347 e. The minimum absolute atomic E-state index is 0.128. The lowest BCUT2D eigenvalue weighted by Gasteiger charge is -2.26. The second-order valence-corrected chi connectivity index (χ2v) is 6.08. The Bertz CT molecular complexity index is 594. The second-order valence-electron chi connectivity index (χ2n) is 5.69. The molecule has 1 amide bonds. The zero-order chi connectivity index (χ0) is 15.3. The number of aromatic nitrogens is 1. The van der Waals surface area contributed by atoms with Gasteiger partial charge in [-0.2, -0.15) is 0 Å². The predicted octanol–water partition coefficient (Wildman–Crippen LogP) is 3.88. The molecule has 3 nitrogen and oxygen atoms in total. The third-order valence-electron chi connectivity index (χ3n) is 3.32. The number of carbonyl (C=O) groups is 1. The smallest absolute Gasteiger partial charge is 0.253 e.